The quantitative estimate of drug-likeness (QED) is 0.612. The number of hydrogen-bond acceptors (Lipinski definition) is 2. The molecule has 0 unspecified atom stereocenters. The molecular formula is C11H13BrO2. The number of Topliss-reactive ketones (excluding diaryl/α,β-unsaturated/α-hetero) is 1. The van der Waals surface area contributed by atoms with Crippen LogP contribution in [0.5, 0.6) is 5.75 Å². The fraction of sp³-hybridized carbons (Fsp3) is 0.364. The molecule has 0 aliphatic rings. The Bertz CT molecular complexity index is 312. The minimum Gasteiger partial charge on any atom is -0.496 e. The summed E-state index contributed by atoms with van der Waals surface area (Å²) in [5.41, 5.74) is 1.74. The van der Waals surface area contributed by atoms with Crippen LogP contribution in [-0.2, 0) is 6.42 Å². The van der Waals surface area contributed by atoms with Crippen molar-refractivity contribution < 1.29 is 9.53 Å². The first-order valence-corrected chi connectivity index (χ1v) is 5.61. The first-order valence-electron chi connectivity index (χ1n) is 4.49. The van der Waals surface area contributed by atoms with Crippen LogP contribution < -0.4 is 4.74 Å². The average molecular weight is 257 g/mol. The molecule has 0 fully saturated rings. The lowest BCUT2D eigenvalue weighted by Gasteiger charge is -2.10. The number of alkyl halides is 1. The molecule has 0 aliphatic heterocycles. The highest BCUT2D eigenvalue weighted by molar-refractivity contribution is 9.09. The molecule has 1 rings (SSSR count). The van der Waals surface area contributed by atoms with E-state index in [4.69, 9.17) is 4.74 Å². The minimum absolute atomic E-state index is 0.0688. The Balaban J connectivity index is 3.25. The zero-order chi connectivity index (χ0) is 10.6. The van der Waals surface area contributed by atoms with Gasteiger partial charge in [0.25, 0.3) is 0 Å². The topological polar surface area (TPSA) is 26.3 Å². The highest BCUT2D eigenvalue weighted by Crippen LogP contribution is 2.23. The monoisotopic (exact) mass is 256 g/mol. The second-order valence-corrected chi connectivity index (χ2v) is 3.47. The van der Waals surface area contributed by atoms with Crippen LogP contribution in [-0.4, -0.2) is 18.2 Å². The van der Waals surface area contributed by atoms with Crippen LogP contribution in [0.15, 0.2) is 18.2 Å². The molecule has 0 radical (unpaired) electrons. The van der Waals surface area contributed by atoms with Crippen LogP contribution >= 0.6 is 15.9 Å². The molecule has 14 heavy (non-hydrogen) atoms. The van der Waals surface area contributed by atoms with E-state index in [9.17, 15) is 4.79 Å². The molecular weight excluding hydrogens is 244 g/mol. The molecule has 1 aromatic carbocycles. The van der Waals surface area contributed by atoms with Crippen molar-refractivity contribution in [3.8, 4) is 5.75 Å². The minimum atomic E-state index is 0.0688. The van der Waals surface area contributed by atoms with Crippen LogP contribution in [0.3, 0.4) is 0 Å². The number of ether oxygens (including phenoxy) is 1. The second kappa shape index (κ2) is 5.15. The van der Waals surface area contributed by atoms with Gasteiger partial charge < -0.3 is 4.74 Å². The Morgan fingerprint density at radius 3 is 2.71 bits per heavy atom. The van der Waals surface area contributed by atoms with E-state index in [-0.39, 0.29) is 5.78 Å². The summed E-state index contributed by atoms with van der Waals surface area (Å²) in [6, 6.07) is 5.68. The summed E-state index contributed by atoms with van der Waals surface area (Å²) in [5.74, 6) is 0.730. The number of benzene rings is 1. The molecule has 0 N–H and O–H groups in total. The summed E-state index contributed by atoms with van der Waals surface area (Å²) in [6.07, 6.45) is 0.839. The number of carbonyl (C=O) groups is 1. The highest BCUT2D eigenvalue weighted by atomic mass is 79.9. The Morgan fingerprint density at radius 1 is 1.50 bits per heavy atom. The lowest BCUT2D eigenvalue weighted by atomic mass is 10.0. The van der Waals surface area contributed by atoms with Gasteiger partial charge in [-0.15, -0.1) is 0 Å². The molecule has 0 bridgehead atoms. The van der Waals surface area contributed by atoms with Gasteiger partial charge in [-0.3, -0.25) is 4.79 Å². The molecule has 0 atom stereocenters. The number of methoxy groups -OCH3 is 1. The van der Waals surface area contributed by atoms with Crippen molar-refractivity contribution >= 4 is 21.7 Å². The van der Waals surface area contributed by atoms with E-state index >= 15 is 0 Å². The van der Waals surface area contributed by atoms with Crippen molar-refractivity contribution in [3.05, 3.63) is 29.3 Å². The Labute approximate surface area is 92.4 Å². The largest absolute Gasteiger partial charge is 0.496 e. The first kappa shape index (κ1) is 11.2. The smallest absolute Gasteiger partial charge is 0.177 e. The molecule has 3 heteroatoms. The number of carbonyl (C=O) groups excluding carboxylic acids is 1. The summed E-state index contributed by atoms with van der Waals surface area (Å²) in [6.45, 7) is 2.03. The van der Waals surface area contributed by atoms with Crippen molar-refractivity contribution in [2.45, 2.75) is 13.3 Å². The van der Waals surface area contributed by atoms with E-state index in [0.717, 1.165) is 12.0 Å². The number of halogens is 1. The fourth-order valence-corrected chi connectivity index (χ4v) is 1.70. The molecule has 0 saturated heterocycles. The van der Waals surface area contributed by atoms with E-state index in [1.54, 1.807) is 7.11 Å². The van der Waals surface area contributed by atoms with Gasteiger partial charge in [0.05, 0.1) is 18.0 Å². The fourth-order valence-electron chi connectivity index (χ4n) is 1.42. The van der Waals surface area contributed by atoms with Gasteiger partial charge in [0, 0.05) is 0 Å². The Morgan fingerprint density at radius 2 is 2.21 bits per heavy atom. The number of rotatable bonds is 4. The standard InChI is InChI=1S/C11H13BrO2/c1-3-8-5-4-6-10(14-2)11(8)9(13)7-12/h4-6H,3,7H2,1-2H3. The molecule has 0 aromatic heterocycles. The van der Waals surface area contributed by atoms with Gasteiger partial charge in [-0.25, -0.2) is 0 Å². The maximum Gasteiger partial charge on any atom is 0.177 e. The maximum atomic E-state index is 11.6. The third kappa shape index (κ3) is 2.15. The van der Waals surface area contributed by atoms with Crippen molar-refractivity contribution in [1.29, 1.82) is 0 Å². The van der Waals surface area contributed by atoms with Gasteiger partial charge in [-0.2, -0.15) is 0 Å². The van der Waals surface area contributed by atoms with Crippen molar-refractivity contribution in [1.82, 2.24) is 0 Å². The van der Waals surface area contributed by atoms with E-state index in [1.807, 2.05) is 25.1 Å². The normalized spacial score (nSPS) is 9.93. The van der Waals surface area contributed by atoms with Gasteiger partial charge in [0.15, 0.2) is 5.78 Å². The van der Waals surface area contributed by atoms with Crippen molar-refractivity contribution in [2.75, 3.05) is 12.4 Å². The summed E-state index contributed by atoms with van der Waals surface area (Å²) >= 11 is 3.17. The van der Waals surface area contributed by atoms with Gasteiger partial charge in [0.1, 0.15) is 5.75 Å². The van der Waals surface area contributed by atoms with Gasteiger partial charge in [-0.1, -0.05) is 35.0 Å². The summed E-state index contributed by atoms with van der Waals surface area (Å²) < 4.78 is 5.17. The van der Waals surface area contributed by atoms with Crippen molar-refractivity contribution in [3.63, 3.8) is 0 Å². The van der Waals surface area contributed by atoms with E-state index in [0.29, 0.717) is 16.6 Å². The summed E-state index contributed by atoms with van der Waals surface area (Å²) in [5, 5.41) is 0.334. The second-order valence-electron chi connectivity index (χ2n) is 2.90. The van der Waals surface area contributed by atoms with Crippen LogP contribution in [0.2, 0.25) is 0 Å². The van der Waals surface area contributed by atoms with Crippen LogP contribution in [0.4, 0.5) is 0 Å². The predicted molar refractivity (Wildman–Crippen MR) is 60.5 cm³/mol. The molecule has 0 amide bonds. The van der Waals surface area contributed by atoms with Gasteiger partial charge in [0.2, 0.25) is 0 Å². The molecule has 0 aliphatic carbocycles. The van der Waals surface area contributed by atoms with Crippen LogP contribution in [0, 0.1) is 0 Å². The first-order chi connectivity index (χ1) is 6.74. The SMILES string of the molecule is CCc1cccc(OC)c1C(=O)CBr. The molecule has 0 heterocycles. The van der Waals surface area contributed by atoms with E-state index < -0.39 is 0 Å². The molecule has 0 spiro atoms. The summed E-state index contributed by atoms with van der Waals surface area (Å²) in [7, 11) is 1.58. The number of ketones is 1. The van der Waals surface area contributed by atoms with Gasteiger partial charge >= 0.3 is 0 Å². The third-order valence-corrected chi connectivity index (χ3v) is 2.62. The van der Waals surface area contributed by atoms with E-state index in [1.165, 1.54) is 0 Å². The average Bonchev–Trinajstić information content (AvgIpc) is 2.26. The highest BCUT2D eigenvalue weighted by Gasteiger charge is 2.14. The molecule has 0 saturated carbocycles. The van der Waals surface area contributed by atoms with Crippen LogP contribution in [0.25, 0.3) is 0 Å². The van der Waals surface area contributed by atoms with Gasteiger partial charge in [-0.05, 0) is 18.1 Å². The lowest BCUT2D eigenvalue weighted by molar-refractivity contribution is 0.102. The third-order valence-electron chi connectivity index (χ3n) is 2.11. The van der Waals surface area contributed by atoms with Crippen molar-refractivity contribution in [2.24, 2.45) is 0 Å². The van der Waals surface area contributed by atoms with E-state index in [2.05, 4.69) is 15.9 Å². The zero-order valence-electron chi connectivity index (χ0n) is 8.34. The molecule has 2 nitrogen and oxygen atoms in total. The Kier molecular flexibility index (Phi) is 4.14. The molecule has 1 aromatic rings. The Hall–Kier alpha value is -0.830. The van der Waals surface area contributed by atoms with Crippen LogP contribution in [0.1, 0.15) is 22.8 Å². The number of aryl methyl sites for hydroxylation is 1. The lowest BCUT2D eigenvalue weighted by Crippen LogP contribution is -2.07. The maximum absolute atomic E-state index is 11.6. The predicted octanol–water partition coefficient (Wildman–Crippen LogP) is 2.84. The number of hydrogen-bond donors (Lipinski definition) is 0. The zero-order valence-corrected chi connectivity index (χ0v) is 9.93. The summed E-state index contributed by atoms with van der Waals surface area (Å²) in [4.78, 5) is 11.6. The molecule has 76 valence electrons.